The predicted octanol–water partition coefficient (Wildman–Crippen LogP) is 4.68. The van der Waals surface area contributed by atoms with Gasteiger partial charge in [0.05, 0.1) is 0 Å². The summed E-state index contributed by atoms with van der Waals surface area (Å²) in [6.45, 7) is 8.83. The molecule has 0 heterocycles. The van der Waals surface area contributed by atoms with Crippen LogP contribution >= 0.6 is 11.8 Å². The van der Waals surface area contributed by atoms with E-state index in [1.165, 1.54) is 5.56 Å². The Kier molecular flexibility index (Phi) is 5.85. The fourth-order valence-corrected chi connectivity index (χ4v) is 3.55. The van der Waals surface area contributed by atoms with Gasteiger partial charge in [-0.05, 0) is 43.5 Å². The first kappa shape index (κ1) is 14.4. The minimum atomic E-state index is -1.48. The zero-order valence-electron chi connectivity index (χ0n) is 11.2. The fourth-order valence-electron chi connectivity index (χ4n) is 1.39. The van der Waals surface area contributed by atoms with E-state index in [-0.39, 0.29) is 0 Å². The van der Waals surface area contributed by atoms with Gasteiger partial charge in [-0.15, -0.1) is 0 Å². The van der Waals surface area contributed by atoms with Crippen molar-refractivity contribution < 1.29 is 4.43 Å². The maximum absolute atomic E-state index is 6.06. The summed E-state index contributed by atoms with van der Waals surface area (Å²) in [5.74, 6) is 1.06. The van der Waals surface area contributed by atoms with Crippen LogP contribution in [-0.4, -0.2) is 14.1 Å². The summed E-state index contributed by atoms with van der Waals surface area (Å²) in [5, 5.41) is 1.09. The number of rotatable bonds is 6. The van der Waals surface area contributed by atoms with Crippen molar-refractivity contribution in [2.24, 2.45) is 0 Å². The zero-order valence-corrected chi connectivity index (χ0v) is 13.0. The van der Waals surface area contributed by atoms with Crippen molar-refractivity contribution in [3.63, 3.8) is 0 Å². The van der Waals surface area contributed by atoms with Crippen LogP contribution in [0.25, 0.3) is 0 Å². The molecule has 0 aliphatic carbocycles. The molecule has 1 rings (SSSR count). The lowest BCUT2D eigenvalue weighted by Crippen LogP contribution is -2.24. The molecule has 0 saturated heterocycles. The first-order chi connectivity index (χ1) is 8.01. The molecule has 1 aromatic rings. The summed E-state index contributed by atoms with van der Waals surface area (Å²) >= 11 is 1.80. The van der Waals surface area contributed by atoms with E-state index in [1.54, 1.807) is 11.8 Å². The average Bonchev–Trinajstić information content (AvgIpc) is 2.26. The van der Waals surface area contributed by atoms with Crippen LogP contribution in [0.5, 0.6) is 0 Å². The molecule has 1 aromatic carbocycles. The van der Waals surface area contributed by atoms with Crippen molar-refractivity contribution in [1.82, 2.24) is 0 Å². The molecule has 0 fully saturated rings. The summed E-state index contributed by atoms with van der Waals surface area (Å²) in [4.78, 5) is 0. The van der Waals surface area contributed by atoms with E-state index >= 15 is 0 Å². The third-order valence-corrected chi connectivity index (χ3v) is 3.84. The Balaban J connectivity index is 2.64. The fraction of sp³-hybridized carbons (Fsp3) is 0.429. The minimum absolute atomic E-state index is 0.952. The third-order valence-electron chi connectivity index (χ3n) is 2.04. The van der Waals surface area contributed by atoms with Crippen LogP contribution in [0.4, 0.5) is 0 Å². The molecule has 1 nitrogen and oxygen atoms in total. The van der Waals surface area contributed by atoms with E-state index in [2.05, 4.69) is 56.9 Å². The molecule has 0 N–H and O–H groups in total. The summed E-state index contributed by atoms with van der Waals surface area (Å²) in [6, 6.07) is 10.5. The minimum Gasteiger partial charge on any atom is -0.540 e. The maximum atomic E-state index is 6.06. The van der Waals surface area contributed by atoms with Gasteiger partial charge < -0.3 is 4.43 Å². The van der Waals surface area contributed by atoms with Gasteiger partial charge in [0.15, 0.2) is 0 Å². The first-order valence-electron chi connectivity index (χ1n) is 6.07. The standard InChI is InChI=1S/C14H22OSSi/c1-5-16-14(15-17(2,3)4)12-11-13-9-7-6-8-10-13/h6-10,12H,5,11H2,1-4H3/b14-12+. The molecule has 3 heteroatoms. The normalized spacial score (nSPS) is 12.6. The van der Waals surface area contributed by atoms with Crippen LogP contribution in [0.1, 0.15) is 12.5 Å². The molecule has 17 heavy (non-hydrogen) atoms. The van der Waals surface area contributed by atoms with Gasteiger partial charge in [0.2, 0.25) is 8.32 Å². The molecule has 0 aliphatic rings. The molecule has 0 bridgehead atoms. The molecule has 0 spiro atoms. The van der Waals surface area contributed by atoms with Crippen LogP contribution in [-0.2, 0) is 10.8 Å². The lowest BCUT2D eigenvalue weighted by molar-refractivity contribution is 0.462. The van der Waals surface area contributed by atoms with Crippen LogP contribution in [0.15, 0.2) is 41.5 Å². The molecular formula is C14H22OSSi. The van der Waals surface area contributed by atoms with Gasteiger partial charge in [-0.3, -0.25) is 0 Å². The first-order valence-corrected chi connectivity index (χ1v) is 10.5. The highest BCUT2D eigenvalue weighted by Gasteiger charge is 2.17. The van der Waals surface area contributed by atoms with E-state index in [9.17, 15) is 0 Å². The van der Waals surface area contributed by atoms with Gasteiger partial charge in [-0.1, -0.05) is 49.0 Å². The maximum Gasteiger partial charge on any atom is 0.242 e. The lowest BCUT2D eigenvalue weighted by atomic mass is 10.2. The van der Waals surface area contributed by atoms with Gasteiger partial charge in [-0.2, -0.15) is 0 Å². The highest BCUT2D eigenvalue weighted by molar-refractivity contribution is 8.02. The Hall–Kier alpha value is -0.673. The van der Waals surface area contributed by atoms with Crippen LogP contribution in [0.2, 0.25) is 19.6 Å². The monoisotopic (exact) mass is 266 g/mol. The van der Waals surface area contributed by atoms with Gasteiger partial charge >= 0.3 is 0 Å². The molecule has 0 radical (unpaired) electrons. The second-order valence-corrected chi connectivity index (χ2v) is 10.6. The van der Waals surface area contributed by atoms with Crippen molar-refractivity contribution in [1.29, 1.82) is 0 Å². The van der Waals surface area contributed by atoms with Gasteiger partial charge in [0.1, 0.15) is 5.09 Å². The Labute approximate surface area is 110 Å². The number of benzene rings is 1. The predicted molar refractivity (Wildman–Crippen MR) is 80.8 cm³/mol. The van der Waals surface area contributed by atoms with Crippen LogP contribution in [0.3, 0.4) is 0 Å². The van der Waals surface area contributed by atoms with Gasteiger partial charge in [0, 0.05) is 0 Å². The molecule has 0 aromatic heterocycles. The third kappa shape index (κ3) is 6.59. The van der Waals surface area contributed by atoms with Crippen molar-refractivity contribution >= 4 is 20.1 Å². The largest absolute Gasteiger partial charge is 0.540 e. The molecule has 0 amide bonds. The molecular weight excluding hydrogens is 244 g/mol. The van der Waals surface area contributed by atoms with Crippen LogP contribution < -0.4 is 0 Å². The summed E-state index contributed by atoms with van der Waals surface area (Å²) in [6.07, 6.45) is 3.16. The molecule has 0 aliphatic heterocycles. The highest BCUT2D eigenvalue weighted by Crippen LogP contribution is 2.22. The SMILES string of the molecule is CCS/C(=C/Cc1ccccc1)O[Si](C)(C)C. The second-order valence-electron chi connectivity index (χ2n) is 4.86. The van der Waals surface area contributed by atoms with Gasteiger partial charge in [-0.25, -0.2) is 0 Å². The number of thioether (sulfide) groups is 1. The summed E-state index contributed by atoms with van der Waals surface area (Å²) in [5.41, 5.74) is 1.33. The molecule has 94 valence electrons. The Morgan fingerprint density at radius 2 is 1.88 bits per heavy atom. The number of hydrogen-bond donors (Lipinski definition) is 0. The van der Waals surface area contributed by atoms with Crippen molar-refractivity contribution in [2.45, 2.75) is 33.0 Å². The molecule has 0 saturated carbocycles. The van der Waals surface area contributed by atoms with E-state index in [0.717, 1.165) is 17.3 Å². The van der Waals surface area contributed by atoms with Crippen molar-refractivity contribution in [3.8, 4) is 0 Å². The Morgan fingerprint density at radius 1 is 1.24 bits per heavy atom. The van der Waals surface area contributed by atoms with Gasteiger partial charge in [0.25, 0.3) is 0 Å². The summed E-state index contributed by atoms with van der Waals surface area (Å²) in [7, 11) is -1.48. The Bertz CT molecular complexity index is 354. The average molecular weight is 266 g/mol. The molecule has 0 atom stereocenters. The molecule has 0 unspecified atom stereocenters. The highest BCUT2D eigenvalue weighted by atomic mass is 32.2. The Morgan fingerprint density at radius 3 is 2.41 bits per heavy atom. The van der Waals surface area contributed by atoms with Crippen molar-refractivity contribution in [2.75, 3.05) is 5.75 Å². The quantitative estimate of drug-likeness (QED) is 0.546. The van der Waals surface area contributed by atoms with Crippen LogP contribution in [0, 0.1) is 0 Å². The smallest absolute Gasteiger partial charge is 0.242 e. The van der Waals surface area contributed by atoms with E-state index in [4.69, 9.17) is 4.43 Å². The van der Waals surface area contributed by atoms with E-state index < -0.39 is 8.32 Å². The topological polar surface area (TPSA) is 9.23 Å². The zero-order chi connectivity index (χ0) is 12.7. The van der Waals surface area contributed by atoms with E-state index in [1.807, 2.05) is 6.07 Å². The summed E-state index contributed by atoms with van der Waals surface area (Å²) < 4.78 is 6.06. The number of allylic oxidation sites excluding steroid dienone is 1. The number of hydrogen-bond acceptors (Lipinski definition) is 2. The van der Waals surface area contributed by atoms with E-state index in [0.29, 0.717) is 0 Å². The second kappa shape index (κ2) is 6.92. The van der Waals surface area contributed by atoms with Crippen molar-refractivity contribution in [3.05, 3.63) is 47.1 Å². The lowest BCUT2D eigenvalue weighted by Gasteiger charge is -2.21.